The number of cyclic esters (lactones) is 1. The van der Waals surface area contributed by atoms with Crippen molar-refractivity contribution in [3.8, 4) is 0 Å². The molecule has 1 fully saturated rings. The van der Waals surface area contributed by atoms with E-state index in [1.54, 1.807) is 11.8 Å². The molecule has 132 valence electrons. The van der Waals surface area contributed by atoms with Crippen LogP contribution in [0.4, 0.5) is 0 Å². The third-order valence-electron chi connectivity index (χ3n) is 5.86. The van der Waals surface area contributed by atoms with E-state index in [0.29, 0.717) is 12.2 Å². The molecule has 1 saturated heterocycles. The van der Waals surface area contributed by atoms with E-state index in [2.05, 4.69) is 6.07 Å². The number of pyridine rings is 1. The monoisotopic (exact) mass is 350 g/mol. The Labute approximate surface area is 150 Å². The number of esters is 1. The summed E-state index contributed by atoms with van der Waals surface area (Å²) in [6.45, 7) is 2.20. The number of rotatable bonds is 1. The van der Waals surface area contributed by atoms with Gasteiger partial charge in [0.15, 0.2) is 5.60 Å². The molecular weight excluding hydrogens is 332 g/mol. The Morgan fingerprint density at radius 1 is 1.35 bits per heavy atom. The van der Waals surface area contributed by atoms with E-state index in [-0.39, 0.29) is 18.9 Å². The topological polar surface area (TPSA) is 79.7 Å². The third kappa shape index (κ3) is 1.88. The third-order valence-corrected chi connectivity index (χ3v) is 5.86. The number of aromatic nitrogens is 1. The van der Waals surface area contributed by atoms with Crippen LogP contribution in [0, 0.1) is 11.8 Å². The second-order valence-corrected chi connectivity index (χ2v) is 7.17. The predicted molar refractivity (Wildman–Crippen MR) is 93.4 cm³/mol. The summed E-state index contributed by atoms with van der Waals surface area (Å²) in [4.78, 5) is 31.7. The van der Waals surface area contributed by atoms with Gasteiger partial charge in [0.2, 0.25) is 5.91 Å². The lowest BCUT2D eigenvalue weighted by atomic mass is 9.72. The maximum Gasteiger partial charge on any atom is 0.338 e. The van der Waals surface area contributed by atoms with Gasteiger partial charge < -0.3 is 14.7 Å². The number of aliphatic hydroxyl groups is 1. The highest BCUT2D eigenvalue weighted by Crippen LogP contribution is 2.45. The van der Waals surface area contributed by atoms with Crippen LogP contribution in [0.25, 0.3) is 16.6 Å². The van der Waals surface area contributed by atoms with E-state index in [1.165, 1.54) is 0 Å². The minimum absolute atomic E-state index is 0.0106. The molecule has 1 aromatic heterocycles. The van der Waals surface area contributed by atoms with E-state index in [4.69, 9.17) is 9.72 Å². The van der Waals surface area contributed by atoms with Gasteiger partial charge in [-0.15, -0.1) is 0 Å². The first kappa shape index (κ1) is 15.5. The highest BCUT2D eigenvalue weighted by molar-refractivity contribution is 5.97. The van der Waals surface area contributed by atoms with E-state index in [1.807, 2.05) is 30.3 Å². The predicted octanol–water partition coefficient (Wildman–Crippen LogP) is 1.86. The van der Waals surface area contributed by atoms with Crippen LogP contribution < -0.4 is 0 Å². The lowest BCUT2D eigenvalue weighted by molar-refractivity contribution is -0.190. The number of hydrogen-bond donors (Lipinski definition) is 1. The summed E-state index contributed by atoms with van der Waals surface area (Å²) >= 11 is 0. The molecule has 0 bridgehead atoms. The molecule has 6 nitrogen and oxygen atoms in total. The molecule has 1 aromatic carbocycles. The maximum atomic E-state index is 13.1. The standard InChI is InChI=1S/C20H18N2O4/c1-2-20(25)14-8-16-17-12(7-11-5-3-4-6-15(11)21-17)9-22(16)18(23)13(14)10-26-19(20)24/h3-8,13-14,25H,2,9-10H2,1H3. The van der Waals surface area contributed by atoms with Gasteiger partial charge in [-0.3, -0.25) is 4.79 Å². The van der Waals surface area contributed by atoms with Crippen molar-refractivity contribution < 1.29 is 19.4 Å². The van der Waals surface area contributed by atoms with E-state index >= 15 is 0 Å². The number of fused-ring (bicyclic) bond motifs is 5. The summed E-state index contributed by atoms with van der Waals surface area (Å²) in [5, 5.41) is 11.9. The average molecular weight is 350 g/mol. The van der Waals surface area contributed by atoms with Gasteiger partial charge in [-0.25, -0.2) is 9.78 Å². The molecule has 3 atom stereocenters. The smallest absolute Gasteiger partial charge is 0.338 e. The number of hydrogen-bond acceptors (Lipinski definition) is 5. The van der Waals surface area contributed by atoms with Crippen LogP contribution in [0.2, 0.25) is 0 Å². The van der Waals surface area contributed by atoms with Crippen molar-refractivity contribution >= 4 is 28.5 Å². The van der Waals surface area contributed by atoms with Crippen molar-refractivity contribution in [3.63, 3.8) is 0 Å². The number of benzene rings is 1. The average Bonchev–Trinajstić information content (AvgIpc) is 3.01. The fourth-order valence-electron chi connectivity index (χ4n) is 4.34. The van der Waals surface area contributed by atoms with Crippen LogP contribution in [0.1, 0.15) is 24.6 Å². The highest BCUT2D eigenvalue weighted by atomic mass is 16.6. The summed E-state index contributed by atoms with van der Waals surface area (Å²) in [5.74, 6) is -1.91. The van der Waals surface area contributed by atoms with Gasteiger partial charge in [0.25, 0.3) is 0 Å². The zero-order valence-electron chi connectivity index (χ0n) is 14.3. The Morgan fingerprint density at radius 2 is 2.15 bits per heavy atom. The van der Waals surface area contributed by atoms with Crippen molar-refractivity contribution in [2.45, 2.75) is 25.5 Å². The molecule has 0 spiro atoms. The number of para-hydroxylation sites is 1. The molecule has 6 heteroatoms. The number of carbonyl (C=O) groups excluding carboxylic acids is 2. The van der Waals surface area contributed by atoms with Crippen LogP contribution in [0.5, 0.6) is 0 Å². The van der Waals surface area contributed by atoms with Crippen LogP contribution in [-0.2, 0) is 20.9 Å². The molecule has 26 heavy (non-hydrogen) atoms. The molecule has 2 aromatic rings. The second-order valence-electron chi connectivity index (χ2n) is 7.17. The summed E-state index contributed by atoms with van der Waals surface area (Å²) in [6.07, 6.45) is 2.05. The molecule has 3 aliphatic rings. The first-order valence-corrected chi connectivity index (χ1v) is 8.85. The fourth-order valence-corrected chi connectivity index (χ4v) is 4.34. The number of nitrogens with zero attached hydrogens (tertiary/aromatic N) is 2. The molecule has 0 saturated carbocycles. The van der Waals surface area contributed by atoms with E-state index in [0.717, 1.165) is 22.2 Å². The molecule has 1 amide bonds. The second kappa shape index (κ2) is 5.14. The van der Waals surface area contributed by atoms with Gasteiger partial charge in [0.05, 0.1) is 29.4 Å². The number of ether oxygens (including phenoxy) is 1. The van der Waals surface area contributed by atoms with Gasteiger partial charge in [-0.05, 0) is 18.6 Å². The van der Waals surface area contributed by atoms with Crippen molar-refractivity contribution in [3.05, 3.63) is 47.7 Å². The molecule has 3 unspecified atom stereocenters. The molecule has 3 aliphatic heterocycles. The Hall–Kier alpha value is -2.73. The first-order chi connectivity index (χ1) is 12.5. The normalized spacial score (nSPS) is 29.8. The zero-order valence-corrected chi connectivity index (χ0v) is 14.3. The zero-order chi connectivity index (χ0) is 18.1. The van der Waals surface area contributed by atoms with Gasteiger partial charge in [-0.1, -0.05) is 31.2 Å². The van der Waals surface area contributed by atoms with E-state index in [9.17, 15) is 14.7 Å². The fraction of sp³-hybridized carbons (Fsp3) is 0.350. The lowest BCUT2D eigenvalue weighted by Gasteiger charge is -2.44. The van der Waals surface area contributed by atoms with Crippen LogP contribution in [-0.4, -0.2) is 39.1 Å². The summed E-state index contributed by atoms with van der Waals surface area (Å²) in [7, 11) is 0. The van der Waals surface area contributed by atoms with Crippen LogP contribution in [0.3, 0.4) is 0 Å². The molecule has 1 N–H and O–H groups in total. The molecule has 0 aliphatic carbocycles. The summed E-state index contributed by atoms with van der Waals surface area (Å²) < 4.78 is 5.13. The minimum atomic E-state index is -1.67. The molecular formula is C20H18N2O4. The summed E-state index contributed by atoms with van der Waals surface area (Å²) in [5.41, 5.74) is 1.62. The Bertz CT molecular complexity index is 998. The van der Waals surface area contributed by atoms with Gasteiger partial charge in [0, 0.05) is 16.9 Å². The van der Waals surface area contributed by atoms with Gasteiger partial charge >= 0.3 is 5.97 Å². The largest absolute Gasteiger partial charge is 0.463 e. The van der Waals surface area contributed by atoms with Crippen LogP contribution >= 0.6 is 0 Å². The van der Waals surface area contributed by atoms with Gasteiger partial charge in [0.1, 0.15) is 6.61 Å². The van der Waals surface area contributed by atoms with Gasteiger partial charge in [-0.2, -0.15) is 0 Å². The minimum Gasteiger partial charge on any atom is -0.463 e. The van der Waals surface area contributed by atoms with Crippen molar-refractivity contribution in [1.82, 2.24) is 9.88 Å². The molecule has 0 radical (unpaired) electrons. The molecule has 5 rings (SSSR count). The Morgan fingerprint density at radius 3 is 2.96 bits per heavy atom. The Kier molecular flexibility index (Phi) is 3.07. The van der Waals surface area contributed by atoms with Crippen molar-refractivity contribution in [2.24, 2.45) is 11.8 Å². The number of amides is 1. The quantitative estimate of drug-likeness (QED) is 0.794. The Balaban J connectivity index is 1.69. The maximum absolute atomic E-state index is 13.1. The molecule has 4 heterocycles. The number of carbonyl (C=O) groups is 2. The highest BCUT2D eigenvalue weighted by Gasteiger charge is 2.56. The lowest BCUT2D eigenvalue weighted by Crippen LogP contribution is -2.58. The van der Waals surface area contributed by atoms with Crippen molar-refractivity contribution in [2.75, 3.05) is 6.61 Å². The summed E-state index contributed by atoms with van der Waals surface area (Å²) in [6, 6.07) is 9.88. The first-order valence-electron chi connectivity index (χ1n) is 8.85. The van der Waals surface area contributed by atoms with Crippen LogP contribution in [0.15, 0.2) is 36.4 Å². The van der Waals surface area contributed by atoms with E-state index < -0.39 is 23.4 Å². The SMILES string of the molecule is CCC1(O)C(=O)OCC2C(=O)N3Cc4cc5ccccc5nc4C3=CC21. The van der Waals surface area contributed by atoms with Crippen molar-refractivity contribution in [1.29, 1.82) is 0 Å².